The van der Waals surface area contributed by atoms with Gasteiger partial charge < -0.3 is 20.3 Å². The van der Waals surface area contributed by atoms with Gasteiger partial charge in [-0.3, -0.25) is 9.59 Å². The van der Waals surface area contributed by atoms with Crippen LogP contribution in [0.5, 0.6) is 0 Å². The van der Waals surface area contributed by atoms with Gasteiger partial charge in [0.2, 0.25) is 5.91 Å². The number of ether oxygens (including phenoxy) is 1. The predicted molar refractivity (Wildman–Crippen MR) is 111 cm³/mol. The molecule has 1 aromatic carbocycles. The molecule has 2 aliphatic heterocycles. The molecule has 158 valence electrons. The quantitative estimate of drug-likeness (QED) is 0.734. The van der Waals surface area contributed by atoms with Crippen molar-refractivity contribution < 1.29 is 18.7 Å². The van der Waals surface area contributed by atoms with Gasteiger partial charge in [0.05, 0.1) is 11.1 Å². The Kier molecular flexibility index (Phi) is 9.14. The van der Waals surface area contributed by atoms with Gasteiger partial charge in [0.25, 0.3) is 0 Å². The molecule has 6 nitrogen and oxygen atoms in total. The largest absolute Gasteiger partial charge is 0.381 e. The first-order chi connectivity index (χ1) is 12.5. The van der Waals surface area contributed by atoms with Crippen LogP contribution in [0.1, 0.15) is 30.1 Å². The van der Waals surface area contributed by atoms with E-state index in [0.29, 0.717) is 70.0 Å². The van der Waals surface area contributed by atoms with E-state index in [-0.39, 0.29) is 36.5 Å². The fourth-order valence-corrected chi connectivity index (χ4v) is 3.74. The van der Waals surface area contributed by atoms with Crippen LogP contribution in [-0.4, -0.2) is 62.5 Å². The number of halogens is 3. The summed E-state index contributed by atoms with van der Waals surface area (Å²) < 4.78 is 19.7. The molecular formula is C19H28Cl2FN3O3. The highest BCUT2D eigenvalue weighted by Gasteiger charge is 2.42. The van der Waals surface area contributed by atoms with Crippen molar-refractivity contribution in [2.75, 3.05) is 50.8 Å². The third-order valence-corrected chi connectivity index (χ3v) is 5.56. The molecule has 0 atom stereocenters. The molecule has 3 rings (SSSR count). The first kappa shape index (κ1) is 24.6. The van der Waals surface area contributed by atoms with Gasteiger partial charge in [-0.1, -0.05) is 0 Å². The molecule has 0 aliphatic carbocycles. The Bertz CT molecular complexity index is 691. The number of piperazine rings is 1. The number of nitrogens with two attached hydrogens (primary N) is 1. The van der Waals surface area contributed by atoms with Crippen LogP contribution in [0.3, 0.4) is 0 Å². The lowest BCUT2D eigenvalue weighted by Gasteiger charge is -2.42. The fraction of sp³-hybridized carbons (Fsp3) is 0.579. The summed E-state index contributed by atoms with van der Waals surface area (Å²) in [6, 6.07) is 4.56. The Labute approximate surface area is 177 Å². The summed E-state index contributed by atoms with van der Waals surface area (Å²) in [6.07, 6.45) is 1.31. The second-order valence-corrected chi connectivity index (χ2v) is 7.10. The van der Waals surface area contributed by atoms with Crippen molar-refractivity contribution in [2.24, 2.45) is 11.1 Å². The van der Waals surface area contributed by atoms with Crippen LogP contribution in [-0.2, 0) is 9.53 Å². The average Bonchev–Trinajstić information content (AvgIpc) is 2.68. The SMILES string of the molecule is CC(=O)c1ccc(N2CCN(C(=O)C3(CN)CCOCC3)CC2)c(F)c1.Cl.Cl. The monoisotopic (exact) mass is 435 g/mol. The molecule has 2 heterocycles. The number of hydrogen-bond donors (Lipinski definition) is 1. The molecule has 2 fully saturated rings. The number of anilines is 1. The van der Waals surface area contributed by atoms with Crippen molar-refractivity contribution in [1.82, 2.24) is 4.90 Å². The molecule has 0 radical (unpaired) electrons. The van der Waals surface area contributed by atoms with E-state index in [4.69, 9.17) is 10.5 Å². The maximum absolute atomic E-state index is 14.4. The minimum absolute atomic E-state index is 0. The van der Waals surface area contributed by atoms with Crippen LogP contribution in [0.25, 0.3) is 0 Å². The van der Waals surface area contributed by atoms with Crippen LogP contribution in [0.2, 0.25) is 0 Å². The number of rotatable bonds is 4. The predicted octanol–water partition coefficient (Wildman–Crippen LogP) is 2.28. The van der Waals surface area contributed by atoms with Gasteiger partial charge in [-0.15, -0.1) is 24.8 Å². The molecule has 9 heteroatoms. The van der Waals surface area contributed by atoms with Crippen LogP contribution in [0, 0.1) is 11.2 Å². The summed E-state index contributed by atoms with van der Waals surface area (Å²) in [5, 5.41) is 0. The summed E-state index contributed by atoms with van der Waals surface area (Å²) in [4.78, 5) is 28.1. The molecule has 0 bridgehead atoms. The molecule has 0 aromatic heterocycles. The number of benzene rings is 1. The minimum atomic E-state index is -0.519. The molecule has 0 saturated carbocycles. The molecule has 2 saturated heterocycles. The third-order valence-electron chi connectivity index (χ3n) is 5.56. The first-order valence-electron chi connectivity index (χ1n) is 9.09. The van der Waals surface area contributed by atoms with Crippen molar-refractivity contribution in [2.45, 2.75) is 19.8 Å². The molecular weight excluding hydrogens is 408 g/mol. The smallest absolute Gasteiger partial charge is 0.230 e. The lowest BCUT2D eigenvalue weighted by Crippen LogP contribution is -2.56. The van der Waals surface area contributed by atoms with Crippen LogP contribution in [0.4, 0.5) is 10.1 Å². The molecule has 2 aliphatic rings. The van der Waals surface area contributed by atoms with Crippen molar-refractivity contribution in [3.05, 3.63) is 29.6 Å². The summed E-state index contributed by atoms with van der Waals surface area (Å²) in [6.45, 7) is 5.06. The van der Waals surface area contributed by atoms with Crippen LogP contribution < -0.4 is 10.6 Å². The number of hydrogen-bond acceptors (Lipinski definition) is 5. The van der Waals surface area contributed by atoms with E-state index in [9.17, 15) is 14.0 Å². The highest BCUT2D eigenvalue weighted by Crippen LogP contribution is 2.32. The van der Waals surface area contributed by atoms with Gasteiger partial charge in [-0.25, -0.2) is 4.39 Å². The Morgan fingerprint density at radius 2 is 1.75 bits per heavy atom. The molecule has 1 amide bonds. The Balaban J connectivity index is 0.00000196. The molecule has 0 spiro atoms. The average molecular weight is 436 g/mol. The van der Waals surface area contributed by atoms with Crippen molar-refractivity contribution >= 4 is 42.2 Å². The first-order valence-corrected chi connectivity index (χ1v) is 9.09. The van der Waals surface area contributed by atoms with Gasteiger partial charge in [-0.2, -0.15) is 0 Å². The lowest BCUT2D eigenvalue weighted by atomic mass is 9.78. The molecule has 1 aromatic rings. The minimum Gasteiger partial charge on any atom is -0.381 e. The Hall–Kier alpha value is -1.41. The van der Waals surface area contributed by atoms with E-state index in [1.807, 2.05) is 9.80 Å². The summed E-state index contributed by atoms with van der Waals surface area (Å²) >= 11 is 0. The zero-order valence-corrected chi connectivity index (χ0v) is 17.6. The highest BCUT2D eigenvalue weighted by molar-refractivity contribution is 5.94. The zero-order chi connectivity index (χ0) is 18.7. The Morgan fingerprint density at radius 3 is 2.25 bits per heavy atom. The number of carbonyl (C=O) groups is 2. The topological polar surface area (TPSA) is 75.9 Å². The fourth-order valence-electron chi connectivity index (χ4n) is 3.74. The molecule has 0 unspecified atom stereocenters. The summed E-state index contributed by atoms with van der Waals surface area (Å²) in [7, 11) is 0. The van der Waals surface area contributed by atoms with E-state index >= 15 is 0 Å². The van der Waals surface area contributed by atoms with Gasteiger partial charge in [0, 0.05) is 51.5 Å². The van der Waals surface area contributed by atoms with Crippen molar-refractivity contribution in [1.29, 1.82) is 0 Å². The summed E-state index contributed by atoms with van der Waals surface area (Å²) in [5.74, 6) is -0.468. The van der Waals surface area contributed by atoms with Crippen LogP contribution >= 0.6 is 24.8 Å². The maximum Gasteiger partial charge on any atom is 0.230 e. The second-order valence-electron chi connectivity index (χ2n) is 7.10. The van der Waals surface area contributed by atoms with E-state index in [2.05, 4.69) is 0 Å². The van der Waals surface area contributed by atoms with Gasteiger partial charge >= 0.3 is 0 Å². The number of amides is 1. The molecule has 28 heavy (non-hydrogen) atoms. The molecule has 2 N–H and O–H groups in total. The van der Waals surface area contributed by atoms with Crippen molar-refractivity contribution in [3.63, 3.8) is 0 Å². The lowest BCUT2D eigenvalue weighted by molar-refractivity contribution is -0.147. The third kappa shape index (κ3) is 4.95. The second kappa shape index (κ2) is 10.4. The van der Waals surface area contributed by atoms with Crippen LogP contribution in [0.15, 0.2) is 18.2 Å². The zero-order valence-electron chi connectivity index (χ0n) is 16.0. The number of carbonyl (C=O) groups excluding carboxylic acids is 2. The number of ketones is 1. The van der Waals surface area contributed by atoms with E-state index in [1.165, 1.54) is 13.0 Å². The highest BCUT2D eigenvalue weighted by atomic mass is 35.5. The van der Waals surface area contributed by atoms with E-state index in [0.717, 1.165) is 0 Å². The Morgan fingerprint density at radius 1 is 1.14 bits per heavy atom. The standard InChI is InChI=1S/C19H26FN3O3.2ClH/c1-14(24)15-2-3-17(16(20)12-15)22-6-8-23(9-7-22)18(25)19(13-21)4-10-26-11-5-19;;/h2-3,12H,4-11,13,21H2,1H3;2*1H. The van der Waals surface area contributed by atoms with E-state index < -0.39 is 11.2 Å². The summed E-state index contributed by atoms with van der Waals surface area (Å²) in [5.41, 5.74) is 6.25. The normalized spacial score (nSPS) is 18.7. The van der Waals surface area contributed by atoms with Gasteiger partial charge in [0.15, 0.2) is 5.78 Å². The number of nitrogens with zero attached hydrogens (tertiary/aromatic N) is 2. The van der Waals surface area contributed by atoms with Gasteiger partial charge in [0.1, 0.15) is 5.82 Å². The number of Topliss-reactive ketones (excluding diaryl/α,β-unsaturated/α-hetero) is 1. The van der Waals surface area contributed by atoms with Gasteiger partial charge in [-0.05, 0) is 38.0 Å². The van der Waals surface area contributed by atoms with Crippen molar-refractivity contribution in [3.8, 4) is 0 Å². The van der Waals surface area contributed by atoms with E-state index in [1.54, 1.807) is 12.1 Å². The maximum atomic E-state index is 14.4.